The molecule has 1 N–H and O–H groups in total. The molecule has 5 nitrogen and oxygen atoms in total. The minimum atomic E-state index is -0.380. The van der Waals surface area contributed by atoms with Crippen LogP contribution in [0.1, 0.15) is 16.7 Å². The monoisotopic (exact) mass is 442 g/mol. The standard InChI is InChI=1S/C20H21Cl3N2O3/c1-11-5-12(2)20(13(3)6-11)24-18(26)9-25(4)19(27)10-28-17-8-15(22)14(21)7-16(17)23/h5-8H,9-10H2,1-4H3,(H,24,26). The fraction of sp³-hybridized carbons (Fsp3) is 0.300. The van der Waals surface area contributed by atoms with Crippen molar-refractivity contribution in [3.63, 3.8) is 0 Å². The maximum absolute atomic E-state index is 12.3. The van der Waals surface area contributed by atoms with E-state index < -0.39 is 0 Å². The fourth-order valence-electron chi connectivity index (χ4n) is 2.72. The van der Waals surface area contributed by atoms with E-state index in [0.717, 1.165) is 22.4 Å². The SMILES string of the molecule is Cc1cc(C)c(NC(=O)CN(C)C(=O)COc2cc(Cl)c(Cl)cc2Cl)c(C)c1. The molecule has 2 aromatic carbocycles. The third kappa shape index (κ3) is 5.77. The first-order valence-electron chi connectivity index (χ1n) is 8.47. The quantitative estimate of drug-likeness (QED) is 0.636. The van der Waals surface area contributed by atoms with Crippen LogP contribution in [0.4, 0.5) is 5.69 Å². The number of rotatable bonds is 6. The van der Waals surface area contributed by atoms with Gasteiger partial charge in [0, 0.05) is 18.8 Å². The van der Waals surface area contributed by atoms with Crippen LogP contribution in [0.2, 0.25) is 15.1 Å². The lowest BCUT2D eigenvalue weighted by Gasteiger charge is -2.19. The first-order chi connectivity index (χ1) is 13.1. The van der Waals surface area contributed by atoms with E-state index in [9.17, 15) is 9.59 Å². The molecule has 0 aliphatic heterocycles. The number of hydrogen-bond acceptors (Lipinski definition) is 3. The summed E-state index contributed by atoms with van der Waals surface area (Å²) in [4.78, 5) is 25.9. The highest BCUT2D eigenvalue weighted by Crippen LogP contribution is 2.33. The molecule has 0 spiro atoms. The van der Waals surface area contributed by atoms with Crippen molar-refractivity contribution in [1.82, 2.24) is 4.90 Å². The summed E-state index contributed by atoms with van der Waals surface area (Å²) >= 11 is 17.8. The van der Waals surface area contributed by atoms with Gasteiger partial charge < -0.3 is 15.0 Å². The van der Waals surface area contributed by atoms with Crippen LogP contribution < -0.4 is 10.1 Å². The van der Waals surface area contributed by atoms with Gasteiger partial charge in [-0.3, -0.25) is 9.59 Å². The molecule has 2 aromatic rings. The molecule has 0 bridgehead atoms. The summed E-state index contributed by atoms with van der Waals surface area (Å²) in [6.07, 6.45) is 0. The van der Waals surface area contributed by atoms with E-state index in [1.54, 1.807) is 0 Å². The maximum Gasteiger partial charge on any atom is 0.260 e. The molecule has 8 heteroatoms. The van der Waals surface area contributed by atoms with E-state index in [-0.39, 0.29) is 40.8 Å². The van der Waals surface area contributed by atoms with Crippen molar-refractivity contribution < 1.29 is 14.3 Å². The highest BCUT2D eigenvalue weighted by molar-refractivity contribution is 6.43. The van der Waals surface area contributed by atoms with Crippen molar-refractivity contribution in [3.05, 3.63) is 56.0 Å². The molecule has 0 aliphatic rings. The zero-order chi connectivity index (χ0) is 21.0. The molecule has 0 aliphatic carbocycles. The summed E-state index contributed by atoms with van der Waals surface area (Å²) in [5.74, 6) is -0.429. The lowest BCUT2D eigenvalue weighted by atomic mass is 10.1. The van der Waals surface area contributed by atoms with Gasteiger partial charge in [0.25, 0.3) is 5.91 Å². The Hall–Kier alpha value is -1.95. The van der Waals surface area contributed by atoms with Gasteiger partial charge in [-0.05, 0) is 38.0 Å². The summed E-state index contributed by atoms with van der Waals surface area (Å²) in [7, 11) is 1.52. The Balaban J connectivity index is 1.93. The normalized spacial score (nSPS) is 10.5. The van der Waals surface area contributed by atoms with Crippen molar-refractivity contribution in [2.45, 2.75) is 20.8 Å². The van der Waals surface area contributed by atoms with Crippen LogP contribution in [0.5, 0.6) is 5.75 Å². The van der Waals surface area contributed by atoms with Crippen LogP contribution in [-0.4, -0.2) is 36.9 Å². The smallest absolute Gasteiger partial charge is 0.260 e. The van der Waals surface area contributed by atoms with Crippen LogP contribution in [0, 0.1) is 20.8 Å². The first kappa shape index (κ1) is 22.3. The number of aryl methyl sites for hydroxylation is 3. The molecule has 28 heavy (non-hydrogen) atoms. The van der Waals surface area contributed by atoms with E-state index in [1.807, 2.05) is 32.9 Å². The van der Waals surface area contributed by atoms with Crippen molar-refractivity contribution >= 4 is 52.3 Å². The first-order valence-corrected chi connectivity index (χ1v) is 9.61. The lowest BCUT2D eigenvalue weighted by molar-refractivity contribution is -0.135. The summed E-state index contributed by atoms with van der Waals surface area (Å²) in [6.45, 7) is 5.46. The zero-order valence-electron chi connectivity index (χ0n) is 16.0. The van der Waals surface area contributed by atoms with Crippen molar-refractivity contribution in [2.75, 3.05) is 25.5 Å². The van der Waals surface area contributed by atoms with Gasteiger partial charge in [-0.15, -0.1) is 0 Å². The van der Waals surface area contributed by atoms with Crippen LogP contribution in [0.15, 0.2) is 24.3 Å². The van der Waals surface area contributed by atoms with Crippen LogP contribution in [0.3, 0.4) is 0 Å². The minimum Gasteiger partial charge on any atom is -0.482 e. The molecule has 0 heterocycles. The summed E-state index contributed by atoms with van der Waals surface area (Å²) in [5, 5.41) is 3.67. The van der Waals surface area contributed by atoms with Gasteiger partial charge in [-0.25, -0.2) is 0 Å². The highest BCUT2D eigenvalue weighted by atomic mass is 35.5. The molecule has 0 fully saturated rings. The third-order valence-electron chi connectivity index (χ3n) is 4.07. The second-order valence-corrected chi connectivity index (χ2v) is 7.78. The number of carbonyl (C=O) groups excluding carboxylic acids is 2. The number of nitrogens with zero attached hydrogens (tertiary/aromatic N) is 1. The summed E-state index contributed by atoms with van der Waals surface area (Å²) in [6, 6.07) is 6.86. The molecular formula is C20H21Cl3N2O3. The molecule has 0 radical (unpaired) electrons. The number of carbonyl (C=O) groups is 2. The summed E-state index contributed by atoms with van der Waals surface area (Å²) in [5.41, 5.74) is 3.82. The second kappa shape index (κ2) is 9.50. The van der Waals surface area contributed by atoms with Crippen LogP contribution in [0.25, 0.3) is 0 Å². The van der Waals surface area contributed by atoms with Gasteiger partial charge >= 0.3 is 0 Å². The Morgan fingerprint density at radius 3 is 2.14 bits per heavy atom. The molecule has 0 saturated carbocycles. The van der Waals surface area contributed by atoms with E-state index in [1.165, 1.54) is 24.1 Å². The van der Waals surface area contributed by atoms with Gasteiger partial charge in [-0.2, -0.15) is 0 Å². The predicted molar refractivity (Wildman–Crippen MR) is 114 cm³/mol. The fourth-order valence-corrected chi connectivity index (χ4v) is 3.32. The molecular weight excluding hydrogens is 423 g/mol. The number of benzene rings is 2. The molecule has 2 rings (SSSR count). The number of likely N-dealkylation sites (N-methyl/N-ethyl adjacent to an activating group) is 1. The molecule has 0 aromatic heterocycles. The Kier molecular flexibility index (Phi) is 7.58. The Morgan fingerprint density at radius 1 is 0.964 bits per heavy atom. The molecule has 0 unspecified atom stereocenters. The molecule has 150 valence electrons. The largest absolute Gasteiger partial charge is 0.482 e. The summed E-state index contributed by atoms with van der Waals surface area (Å²) < 4.78 is 5.41. The minimum absolute atomic E-state index is 0.107. The van der Waals surface area contributed by atoms with Gasteiger partial charge in [-0.1, -0.05) is 52.5 Å². The number of halogens is 3. The Labute approximate surface area is 179 Å². The second-order valence-electron chi connectivity index (χ2n) is 6.56. The average Bonchev–Trinajstić information content (AvgIpc) is 2.59. The van der Waals surface area contributed by atoms with E-state index in [2.05, 4.69) is 5.32 Å². The van der Waals surface area contributed by atoms with Crippen LogP contribution in [-0.2, 0) is 9.59 Å². The number of hydrogen-bond donors (Lipinski definition) is 1. The average molecular weight is 444 g/mol. The lowest BCUT2D eigenvalue weighted by Crippen LogP contribution is -2.37. The van der Waals surface area contributed by atoms with Crippen molar-refractivity contribution in [2.24, 2.45) is 0 Å². The van der Waals surface area contributed by atoms with Crippen molar-refractivity contribution in [3.8, 4) is 5.75 Å². The van der Waals surface area contributed by atoms with Gasteiger partial charge in [0.05, 0.1) is 21.6 Å². The van der Waals surface area contributed by atoms with Crippen molar-refractivity contribution in [1.29, 1.82) is 0 Å². The Morgan fingerprint density at radius 2 is 1.54 bits per heavy atom. The number of ether oxygens (including phenoxy) is 1. The van der Waals surface area contributed by atoms with Gasteiger partial charge in [0.2, 0.25) is 5.91 Å². The van der Waals surface area contributed by atoms with E-state index in [4.69, 9.17) is 39.5 Å². The predicted octanol–water partition coefficient (Wildman–Crippen LogP) is 5.05. The van der Waals surface area contributed by atoms with Crippen LogP contribution >= 0.6 is 34.8 Å². The Bertz CT molecular complexity index is 893. The third-order valence-corrected chi connectivity index (χ3v) is 5.09. The van der Waals surface area contributed by atoms with E-state index in [0.29, 0.717) is 5.02 Å². The van der Waals surface area contributed by atoms with E-state index >= 15 is 0 Å². The molecule has 2 amide bonds. The van der Waals surface area contributed by atoms with Gasteiger partial charge in [0.15, 0.2) is 6.61 Å². The number of anilines is 1. The maximum atomic E-state index is 12.3. The molecule has 0 saturated heterocycles. The number of amides is 2. The zero-order valence-corrected chi connectivity index (χ0v) is 18.3. The molecule has 0 atom stereocenters. The topological polar surface area (TPSA) is 58.6 Å². The van der Waals surface area contributed by atoms with Gasteiger partial charge in [0.1, 0.15) is 5.75 Å². The number of nitrogens with one attached hydrogen (secondary N) is 1. The highest BCUT2D eigenvalue weighted by Gasteiger charge is 2.16.